The summed E-state index contributed by atoms with van der Waals surface area (Å²) in [7, 11) is 0. The molecule has 0 aliphatic rings. The molecule has 1 N–H and O–H groups in total. The van der Waals surface area contributed by atoms with Crippen LogP contribution in [0.2, 0.25) is 5.02 Å². The molecule has 0 unspecified atom stereocenters. The van der Waals surface area contributed by atoms with Crippen molar-refractivity contribution in [1.29, 1.82) is 0 Å². The third-order valence-corrected chi connectivity index (χ3v) is 5.25. The highest BCUT2D eigenvalue weighted by Crippen LogP contribution is 2.29. The van der Waals surface area contributed by atoms with Crippen molar-refractivity contribution in [3.8, 4) is 0 Å². The summed E-state index contributed by atoms with van der Waals surface area (Å²) in [6.45, 7) is 4.35. The number of anilines is 1. The van der Waals surface area contributed by atoms with Crippen molar-refractivity contribution >= 4 is 45.6 Å². The SMILES string of the molecule is Cc1ccc(NC(=O)c2cnc3c(c(C)nn3Cc3cscn3)c2Cl)cc1. The Kier molecular flexibility index (Phi) is 4.63. The first-order valence-electron chi connectivity index (χ1n) is 8.29. The zero-order chi connectivity index (χ0) is 19.0. The number of hydrogen-bond donors (Lipinski definition) is 1. The van der Waals surface area contributed by atoms with Crippen molar-refractivity contribution in [2.24, 2.45) is 0 Å². The predicted octanol–water partition coefficient (Wildman–Crippen LogP) is 4.46. The van der Waals surface area contributed by atoms with E-state index in [0.717, 1.165) is 17.0 Å². The Balaban J connectivity index is 1.68. The van der Waals surface area contributed by atoms with Gasteiger partial charge in [-0.15, -0.1) is 11.3 Å². The van der Waals surface area contributed by atoms with Gasteiger partial charge in [0.25, 0.3) is 5.91 Å². The van der Waals surface area contributed by atoms with Crippen molar-refractivity contribution in [3.05, 3.63) is 68.9 Å². The van der Waals surface area contributed by atoms with Gasteiger partial charge in [-0.1, -0.05) is 29.3 Å². The quantitative estimate of drug-likeness (QED) is 0.551. The molecule has 6 nitrogen and oxygen atoms in total. The number of benzene rings is 1. The van der Waals surface area contributed by atoms with Gasteiger partial charge in [-0.2, -0.15) is 5.10 Å². The maximum atomic E-state index is 12.7. The van der Waals surface area contributed by atoms with Gasteiger partial charge >= 0.3 is 0 Å². The summed E-state index contributed by atoms with van der Waals surface area (Å²) in [6.07, 6.45) is 1.49. The maximum absolute atomic E-state index is 12.7. The largest absolute Gasteiger partial charge is 0.322 e. The van der Waals surface area contributed by atoms with Crippen LogP contribution in [0, 0.1) is 13.8 Å². The molecule has 0 bridgehead atoms. The summed E-state index contributed by atoms with van der Waals surface area (Å²) in [4.78, 5) is 21.4. The van der Waals surface area contributed by atoms with Crippen molar-refractivity contribution in [2.75, 3.05) is 5.32 Å². The molecule has 0 aliphatic carbocycles. The number of pyridine rings is 1. The Hall–Kier alpha value is -2.77. The number of carbonyl (C=O) groups is 1. The lowest BCUT2D eigenvalue weighted by atomic mass is 10.2. The smallest absolute Gasteiger partial charge is 0.258 e. The van der Waals surface area contributed by atoms with Crippen molar-refractivity contribution in [1.82, 2.24) is 19.7 Å². The summed E-state index contributed by atoms with van der Waals surface area (Å²) in [5.41, 5.74) is 6.20. The minimum Gasteiger partial charge on any atom is -0.322 e. The maximum Gasteiger partial charge on any atom is 0.258 e. The number of fused-ring (bicyclic) bond motifs is 1. The number of aromatic nitrogens is 4. The molecule has 0 radical (unpaired) electrons. The third kappa shape index (κ3) is 3.43. The normalized spacial score (nSPS) is 11.1. The molecule has 0 fully saturated rings. The standard InChI is InChI=1S/C19H16ClN5OS/c1-11-3-5-13(6-4-11)23-19(26)15-7-21-18-16(17(15)20)12(2)24-25(18)8-14-9-27-10-22-14/h3-7,9-10H,8H2,1-2H3,(H,23,26). The Morgan fingerprint density at radius 1 is 1.22 bits per heavy atom. The van der Waals surface area contributed by atoms with E-state index in [2.05, 4.69) is 20.4 Å². The molecular formula is C19H16ClN5OS. The van der Waals surface area contributed by atoms with Crippen LogP contribution in [0.25, 0.3) is 11.0 Å². The monoisotopic (exact) mass is 397 g/mol. The van der Waals surface area contributed by atoms with Crippen LogP contribution in [0.15, 0.2) is 41.4 Å². The predicted molar refractivity (Wildman–Crippen MR) is 108 cm³/mol. The van der Waals surface area contributed by atoms with Gasteiger partial charge in [0.2, 0.25) is 0 Å². The second kappa shape index (κ2) is 7.09. The highest BCUT2D eigenvalue weighted by Gasteiger charge is 2.19. The number of amides is 1. The Labute approximate surface area is 164 Å². The summed E-state index contributed by atoms with van der Waals surface area (Å²) < 4.78 is 1.76. The fourth-order valence-corrected chi connectivity index (χ4v) is 3.75. The minimum absolute atomic E-state index is 0.301. The number of nitrogens with zero attached hydrogens (tertiary/aromatic N) is 4. The molecule has 136 valence electrons. The molecule has 27 heavy (non-hydrogen) atoms. The fourth-order valence-electron chi connectivity index (χ4n) is 2.85. The number of nitrogens with one attached hydrogen (secondary N) is 1. The van der Waals surface area contributed by atoms with Crippen LogP contribution in [0.5, 0.6) is 0 Å². The zero-order valence-electron chi connectivity index (χ0n) is 14.7. The Morgan fingerprint density at radius 2 is 2.00 bits per heavy atom. The van der Waals surface area contributed by atoms with Crippen LogP contribution in [-0.2, 0) is 6.54 Å². The lowest BCUT2D eigenvalue weighted by Gasteiger charge is -2.08. The second-order valence-electron chi connectivity index (χ2n) is 6.23. The van der Waals surface area contributed by atoms with E-state index >= 15 is 0 Å². The molecule has 3 heterocycles. The lowest BCUT2D eigenvalue weighted by Crippen LogP contribution is -2.13. The number of aryl methyl sites for hydroxylation is 2. The summed E-state index contributed by atoms with van der Waals surface area (Å²) in [6, 6.07) is 7.57. The minimum atomic E-state index is -0.301. The highest BCUT2D eigenvalue weighted by molar-refractivity contribution is 7.07. The molecule has 0 atom stereocenters. The number of carbonyl (C=O) groups excluding carboxylic acids is 1. The molecule has 4 rings (SSSR count). The average molecular weight is 398 g/mol. The topological polar surface area (TPSA) is 72.7 Å². The first-order valence-corrected chi connectivity index (χ1v) is 9.61. The van der Waals surface area contributed by atoms with Gasteiger partial charge in [0.15, 0.2) is 5.65 Å². The van der Waals surface area contributed by atoms with E-state index in [1.54, 1.807) is 10.2 Å². The van der Waals surface area contributed by atoms with E-state index in [9.17, 15) is 4.79 Å². The molecule has 0 aliphatic heterocycles. The molecule has 1 amide bonds. The Morgan fingerprint density at radius 3 is 2.70 bits per heavy atom. The first kappa shape index (κ1) is 17.6. The van der Waals surface area contributed by atoms with Crippen LogP contribution in [-0.4, -0.2) is 25.7 Å². The van der Waals surface area contributed by atoms with Gasteiger partial charge in [0.05, 0.1) is 39.4 Å². The molecule has 0 spiro atoms. The van der Waals surface area contributed by atoms with E-state index in [0.29, 0.717) is 33.9 Å². The number of hydrogen-bond acceptors (Lipinski definition) is 5. The van der Waals surface area contributed by atoms with Gasteiger partial charge in [-0.25, -0.2) is 14.6 Å². The van der Waals surface area contributed by atoms with E-state index < -0.39 is 0 Å². The zero-order valence-corrected chi connectivity index (χ0v) is 16.3. The number of halogens is 1. The van der Waals surface area contributed by atoms with Crippen LogP contribution in [0.3, 0.4) is 0 Å². The summed E-state index contributed by atoms with van der Waals surface area (Å²) in [5.74, 6) is -0.301. The molecule has 4 aromatic rings. The fraction of sp³-hybridized carbons (Fsp3) is 0.158. The third-order valence-electron chi connectivity index (χ3n) is 4.22. The average Bonchev–Trinajstić information content (AvgIpc) is 3.26. The van der Waals surface area contributed by atoms with E-state index in [-0.39, 0.29) is 5.91 Å². The number of rotatable bonds is 4. The van der Waals surface area contributed by atoms with Gasteiger partial charge < -0.3 is 5.32 Å². The van der Waals surface area contributed by atoms with Gasteiger partial charge in [-0.05, 0) is 26.0 Å². The van der Waals surface area contributed by atoms with Gasteiger partial charge in [0, 0.05) is 17.3 Å². The van der Waals surface area contributed by atoms with E-state index in [1.165, 1.54) is 17.5 Å². The van der Waals surface area contributed by atoms with E-state index in [1.807, 2.05) is 43.5 Å². The van der Waals surface area contributed by atoms with Crippen molar-refractivity contribution in [3.63, 3.8) is 0 Å². The highest BCUT2D eigenvalue weighted by atomic mass is 35.5. The molecule has 3 aromatic heterocycles. The van der Waals surface area contributed by atoms with Crippen LogP contribution in [0.4, 0.5) is 5.69 Å². The first-order chi connectivity index (χ1) is 13.0. The second-order valence-corrected chi connectivity index (χ2v) is 7.32. The lowest BCUT2D eigenvalue weighted by molar-refractivity contribution is 0.102. The summed E-state index contributed by atoms with van der Waals surface area (Å²) >= 11 is 8.09. The summed E-state index contributed by atoms with van der Waals surface area (Å²) in [5, 5.41) is 10.4. The van der Waals surface area contributed by atoms with Gasteiger partial charge in [-0.3, -0.25) is 4.79 Å². The van der Waals surface area contributed by atoms with Crippen molar-refractivity contribution in [2.45, 2.75) is 20.4 Å². The van der Waals surface area contributed by atoms with Crippen LogP contribution >= 0.6 is 22.9 Å². The van der Waals surface area contributed by atoms with Crippen LogP contribution < -0.4 is 5.32 Å². The van der Waals surface area contributed by atoms with Crippen molar-refractivity contribution < 1.29 is 4.79 Å². The van der Waals surface area contributed by atoms with E-state index in [4.69, 9.17) is 11.6 Å². The molecule has 8 heteroatoms. The van der Waals surface area contributed by atoms with Crippen LogP contribution in [0.1, 0.15) is 27.3 Å². The molecular weight excluding hydrogens is 382 g/mol. The van der Waals surface area contributed by atoms with Gasteiger partial charge in [0.1, 0.15) is 0 Å². The molecule has 1 aromatic carbocycles. The number of thiazole rings is 1. The molecule has 0 saturated carbocycles. The molecule has 0 saturated heterocycles. The Bertz CT molecular complexity index is 1120.